The Bertz CT molecular complexity index is 429. The lowest BCUT2D eigenvalue weighted by atomic mass is 9.98. The Hall–Kier alpha value is -0.390. The Kier molecular flexibility index (Phi) is 4.52. The van der Waals surface area contributed by atoms with Gasteiger partial charge in [0.15, 0.2) is 0 Å². The summed E-state index contributed by atoms with van der Waals surface area (Å²) in [7, 11) is -3.37. The molecule has 0 fully saturated rings. The molecule has 1 aromatic rings. The molecular formula is C11H16BrNO2S. The van der Waals surface area contributed by atoms with Gasteiger partial charge in [-0.15, -0.1) is 0 Å². The number of hydrogen-bond donors (Lipinski definition) is 1. The van der Waals surface area contributed by atoms with Crippen LogP contribution in [0.2, 0.25) is 0 Å². The fraction of sp³-hybridized carbons (Fsp3) is 0.455. The molecule has 1 rings (SSSR count). The fourth-order valence-electron chi connectivity index (χ4n) is 1.02. The van der Waals surface area contributed by atoms with Crippen LogP contribution >= 0.6 is 15.9 Å². The Morgan fingerprint density at radius 2 is 1.81 bits per heavy atom. The lowest BCUT2D eigenvalue weighted by Crippen LogP contribution is -2.34. The van der Waals surface area contributed by atoms with Crippen molar-refractivity contribution in [2.24, 2.45) is 5.41 Å². The maximum atomic E-state index is 11.9. The predicted octanol–water partition coefficient (Wildman–Crippen LogP) is 2.39. The first kappa shape index (κ1) is 13.7. The lowest BCUT2D eigenvalue weighted by molar-refractivity contribution is 0.420. The Morgan fingerprint density at radius 3 is 2.31 bits per heavy atom. The highest BCUT2D eigenvalue weighted by atomic mass is 79.9. The summed E-state index contributed by atoms with van der Waals surface area (Å²) < 4.78 is 26.3. The number of sulfonamides is 1. The number of nitrogens with one attached hydrogen (secondary N) is 1. The van der Waals surface area contributed by atoms with Crippen LogP contribution in [0.25, 0.3) is 0 Å². The van der Waals surface area contributed by atoms with Crippen molar-refractivity contribution in [1.82, 2.24) is 4.72 Å². The lowest BCUT2D eigenvalue weighted by Gasteiger charge is -2.21. The highest BCUT2D eigenvalue weighted by Crippen LogP contribution is 2.18. The Balaban J connectivity index is 2.75. The van der Waals surface area contributed by atoms with Crippen LogP contribution in [-0.4, -0.2) is 20.3 Å². The topological polar surface area (TPSA) is 46.2 Å². The van der Waals surface area contributed by atoms with Gasteiger partial charge in [-0.05, 0) is 17.5 Å². The molecule has 0 unspecified atom stereocenters. The van der Waals surface area contributed by atoms with Gasteiger partial charge in [0.25, 0.3) is 0 Å². The van der Waals surface area contributed by atoms with Crippen LogP contribution in [0.3, 0.4) is 0 Å². The Morgan fingerprint density at radius 1 is 1.25 bits per heavy atom. The third-order valence-corrected chi connectivity index (χ3v) is 5.09. The van der Waals surface area contributed by atoms with Crippen molar-refractivity contribution in [3.8, 4) is 0 Å². The molecule has 0 spiro atoms. The van der Waals surface area contributed by atoms with Crippen molar-refractivity contribution in [3.05, 3.63) is 30.3 Å². The van der Waals surface area contributed by atoms with Gasteiger partial charge in [-0.3, -0.25) is 0 Å². The van der Waals surface area contributed by atoms with E-state index in [2.05, 4.69) is 20.7 Å². The van der Waals surface area contributed by atoms with Crippen LogP contribution in [0.1, 0.15) is 13.8 Å². The number of hydrogen-bond acceptors (Lipinski definition) is 2. The van der Waals surface area contributed by atoms with Crippen molar-refractivity contribution in [1.29, 1.82) is 0 Å². The smallest absolute Gasteiger partial charge is 0.211 e. The van der Waals surface area contributed by atoms with Crippen LogP contribution < -0.4 is 4.72 Å². The van der Waals surface area contributed by atoms with Crippen LogP contribution in [0.15, 0.2) is 35.2 Å². The second kappa shape index (κ2) is 5.29. The van der Waals surface area contributed by atoms with Crippen LogP contribution in [-0.2, 0) is 10.0 Å². The van der Waals surface area contributed by atoms with E-state index in [0.717, 1.165) is 5.33 Å². The largest absolute Gasteiger partial charge is 0.240 e. The molecule has 0 aromatic heterocycles. The first-order chi connectivity index (χ1) is 7.37. The molecule has 0 atom stereocenters. The van der Waals surface area contributed by atoms with E-state index < -0.39 is 10.0 Å². The van der Waals surface area contributed by atoms with Gasteiger partial charge in [0.05, 0.1) is 4.90 Å². The molecule has 90 valence electrons. The number of benzene rings is 1. The van der Waals surface area contributed by atoms with E-state index in [1.807, 2.05) is 13.8 Å². The number of alkyl halides is 1. The number of halogens is 1. The zero-order valence-electron chi connectivity index (χ0n) is 9.40. The molecule has 0 radical (unpaired) electrons. The van der Waals surface area contributed by atoms with E-state index in [0.29, 0.717) is 11.4 Å². The molecule has 0 bridgehead atoms. The highest BCUT2D eigenvalue weighted by molar-refractivity contribution is 9.09. The molecule has 3 nitrogen and oxygen atoms in total. The van der Waals surface area contributed by atoms with Crippen molar-refractivity contribution < 1.29 is 8.42 Å². The first-order valence-electron chi connectivity index (χ1n) is 4.98. The van der Waals surface area contributed by atoms with Crippen LogP contribution in [0, 0.1) is 5.41 Å². The standard InChI is InChI=1S/C11H16BrNO2S/c1-11(2,8-12)9-13-16(14,15)10-6-4-3-5-7-10/h3-7,13H,8-9H2,1-2H3. The Labute approximate surface area is 105 Å². The molecule has 1 N–H and O–H groups in total. The average molecular weight is 306 g/mol. The maximum absolute atomic E-state index is 11.9. The summed E-state index contributed by atoms with van der Waals surface area (Å²) in [6.45, 7) is 4.40. The molecule has 0 heterocycles. The molecular weight excluding hydrogens is 290 g/mol. The molecule has 16 heavy (non-hydrogen) atoms. The first-order valence-corrected chi connectivity index (χ1v) is 7.58. The second-order valence-electron chi connectivity index (χ2n) is 4.44. The monoisotopic (exact) mass is 305 g/mol. The summed E-state index contributed by atoms with van der Waals surface area (Å²) in [6, 6.07) is 8.39. The molecule has 5 heteroatoms. The average Bonchev–Trinajstić information content (AvgIpc) is 2.28. The third kappa shape index (κ3) is 3.88. The van der Waals surface area contributed by atoms with E-state index in [4.69, 9.17) is 0 Å². The minimum absolute atomic E-state index is 0.0954. The highest BCUT2D eigenvalue weighted by Gasteiger charge is 2.20. The minimum Gasteiger partial charge on any atom is -0.211 e. The zero-order valence-corrected chi connectivity index (χ0v) is 11.8. The molecule has 0 saturated carbocycles. The zero-order chi connectivity index (χ0) is 12.2. The van der Waals surface area contributed by atoms with Gasteiger partial charge in [0.2, 0.25) is 10.0 Å². The predicted molar refractivity (Wildman–Crippen MR) is 69.2 cm³/mol. The van der Waals surface area contributed by atoms with Gasteiger partial charge in [-0.1, -0.05) is 48.0 Å². The van der Waals surface area contributed by atoms with Gasteiger partial charge in [0.1, 0.15) is 0 Å². The van der Waals surface area contributed by atoms with E-state index in [1.54, 1.807) is 30.3 Å². The van der Waals surface area contributed by atoms with Gasteiger partial charge in [-0.25, -0.2) is 13.1 Å². The van der Waals surface area contributed by atoms with E-state index in [9.17, 15) is 8.42 Å². The van der Waals surface area contributed by atoms with E-state index in [-0.39, 0.29) is 5.41 Å². The summed E-state index contributed by atoms with van der Waals surface area (Å²) in [6.07, 6.45) is 0. The minimum atomic E-state index is -3.37. The van der Waals surface area contributed by atoms with Crippen molar-refractivity contribution in [3.63, 3.8) is 0 Å². The van der Waals surface area contributed by atoms with Gasteiger partial charge >= 0.3 is 0 Å². The number of rotatable bonds is 5. The summed E-state index contributed by atoms with van der Waals surface area (Å²) in [5.41, 5.74) is -0.0954. The molecule has 0 aliphatic rings. The third-order valence-electron chi connectivity index (χ3n) is 2.16. The van der Waals surface area contributed by atoms with E-state index in [1.165, 1.54) is 0 Å². The van der Waals surface area contributed by atoms with Gasteiger partial charge in [-0.2, -0.15) is 0 Å². The SMILES string of the molecule is CC(C)(CBr)CNS(=O)(=O)c1ccccc1. The molecule has 0 amide bonds. The van der Waals surface area contributed by atoms with Crippen LogP contribution in [0.4, 0.5) is 0 Å². The molecule has 1 aromatic carbocycles. The fourth-order valence-corrected chi connectivity index (χ4v) is 2.48. The van der Waals surface area contributed by atoms with Crippen molar-refractivity contribution in [2.45, 2.75) is 18.7 Å². The normalized spacial score (nSPS) is 12.7. The summed E-state index contributed by atoms with van der Waals surface area (Å²) in [5.74, 6) is 0. The van der Waals surface area contributed by atoms with Gasteiger partial charge < -0.3 is 0 Å². The molecule has 0 aliphatic carbocycles. The van der Waals surface area contributed by atoms with Crippen LogP contribution in [0.5, 0.6) is 0 Å². The van der Waals surface area contributed by atoms with Gasteiger partial charge in [0, 0.05) is 11.9 Å². The summed E-state index contributed by atoms with van der Waals surface area (Å²) >= 11 is 3.36. The van der Waals surface area contributed by atoms with Crippen molar-refractivity contribution in [2.75, 3.05) is 11.9 Å². The molecule has 0 saturated heterocycles. The maximum Gasteiger partial charge on any atom is 0.240 e. The van der Waals surface area contributed by atoms with Crippen molar-refractivity contribution >= 4 is 26.0 Å². The molecule has 0 aliphatic heterocycles. The quantitative estimate of drug-likeness (QED) is 0.849. The second-order valence-corrected chi connectivity index (χ2v) is 6.76. The van der Waals surface area contributed by atoms with E-state index >= 15 is 0 Å². The summed E-state index contributed by atoms with van der Waals surface area (Å²) in [4.78, 5) is 0.306. The summed E-state index contributed by atoms with van der Waals surface area (Å²) in [5, 5.41) is 0.747.